The number of ether oxygens (including phenoxy) is 1. The van der Waals surface area contributed by atoms with Gasteiger partial charge in [-0.15, -0.1) is 0 Å². The number of halogens is 2. The molecule has 2 aromatic carbocycles. The summed E-state index contributed by atoms with van der Waals surface area (Å²) in [5, 5.41) is 4.32. The Bertz CT molecular complexity index is 586. The molecule has 0 saturated heterocycles. The molecule has 2 nitrogen and oxygen atoms in total. The van der Waals surface area contributed by atoms with Gasteiger partial charge in [-0.2, -0.15) is 0 Å². The molecular weight excluding hydrogens is 350 g/mol. The maximum atomic E-state index is 6.04. The molecule has 0 bridgehead atoms. The number of hydrogen-bond donors (Lipinski definition) is 1. The van der Waals surface area contributed by atoms with Crippen molar-refractivity contribution in [2.45, 2.75) is 19.4 Å². The predicted molar refractivity (Wildman–Crippen MR) is 92.3 cm³/mol. The number of methoxy groups -OCH3 is 1. The zero-order valence-corrected chi connectivity index (χ0v) is 14.5. The number of hydrogen-bond acceptors (Lipinski definition) is 2. The molecule has 0 saturated carbocycles. The quantitative estimate of drug-likeness (QED) is 0.756. The van der Waals surface area contributed by atoms with Crippen LogP contribution in [0.1, 0.15) is 30.5 Å². The van der Waals surface area contributed by atoms with Gasteiger partial charge in [-0.1, -0.05) is 52.7 Å². The summed E-state index contributed by atoms with van der Waals surface area (Å²) in [5.74, 6) is 0.864. The lowest BCUT2D eigenvalue weighted by atomic mass is 9.98. The van der Waals surface area contributed by atoms with Crippen LogP contribution in [0, 0.1) is 0 Å². The molecule has 21 heavy (non-hydrogen) atoms. The first-order valence-corrected chi connectivity index (χ1v) is 8.15. The highest BCUT2D eigenvalue weighted by Crippen LogP contribution is 2.31. The first-order valence-electron chi connectivity index (χ1n) is 6.98. The third-order valence-electron chi connectivity index (χ3n) is 3.32. The fraction of sp³-hybridized carbons (Fsp3) is 0.294. The fourth-order valence-electron chi connectivity index (χ4n) is 2.23. The molecule has 0 radical (unpaired) electrons. The summed E-state index contributed by atoms with van der Waals surface area (Å²) < 4.78 is 6.24. The Morgan fingerprint density at radius 3 is 2.48 bits per heavy atom. The highest BCUT2D eigenvalue weighted by atomic mass is 79.9. The average Bonchev–Trinajstić information content (AvgIpc) is 2.50. The van der Waals surface area contributed by atoms with Crippen molar-refractivity contribution in [2.24, 2.45) is 0 Å². The van der Waals surface area contributed by atoms with Gasteiger partial charge in [0.2, 0.25) is 0 Å². The minimum atomic E-state index is 0.127. The predicted octanol–water partition coefficient (Wildman–Crippen LogP) is 5.20. The Kier molecular flexibility index (Phi) is 6.09. The Morgan fingerprint density at radius 2 is 1.90 bits per heavy atom. The van der Waals surface area contributed by atoms with Gasteiger partial charge in [-0.3, -0.25) is 0 Å². The van der Waals surface area contributed by atoms with E-state index in [1.807, 2.05) is 24.3 Å². The van der Waals surface area contributed by atoms with Gasteiger partial charge in [-0.05, 0) is 48.4 Å². The molecule has 0 aliphatic heterocycles. The van der Waals surface area contributed by atoms with Gasteiger partial charge in [0.05, 0.1) is 13.2 Å². The molecule has 0 aliphatic carbocycles. The summed E-state index contributed by atoms with van der Waals surface area (Å²) in [4.78, 5) is 0. The average molecular weight is 369 g/mol. The summed E-state index contributed by atoms with van der Waals surface area (Å²) in [6.45, 7) is 3.11. The summed E-state index contributed by atoms with van der Waals surface area (Å²) >= 11 is 9.66. The molecule has 0 heterocycles. The molecule has 1 N–H and O–H groups in total. The van der Waals surface area contributed by atoms with Crippen molar-refractivity contribution in [3.05, 3.63) is 63.1 Å². The van der Waals surface area contributed by atoms with Crippen LogP contribution in [0.3, 0.4) is 0 Å². The fourth-order valence-corrected chi connectivity index (χ4v) is 3.14. The highest BCUT2D eigenvalue weighted by Gasteiger charge is 2.16. The van der Waals surface area contributed by atoms with E-state index >= 15 is 0 Å². The molecule has 0 spiro atoms. The van der Waals surface area contributed by atoms with Crippen LogP contribution in [0.2, 0.25) is 5.02 Å². The lowest BCUT2D eigenvalue weighted by Crippen LogP contribution is -2.23. The molecule has 2 rings (SSSR count). The van der Waals surface area contributed by atoms with Crippen molar-refractivity contribution in [3.63, 3.8) is 0 Å². The van der Waals surface area contributed by atoms with Crippen LogP contribution in [0.5, 0.6) is 5.75 Å². The largest absolute Gasteiger partial charge is 0.497 e. The molecule has 2 aromatic rings. The summed E-state index contributed by atoms with van der Waals surface area (Å²) in [5.41, 5.74) is 2.38. The topological polar surface area (TPSA) is 21.3 Å². The van der Waals surface area contributed by atoms with Gasteiger partial charge in [0.1, 0.15) is 5.75 Å². The van der Waals surface area contributed by atoms with E-state index in [4.69, 9.17) is 16.3 Å². The standard InChI is InChI=1S/C17H19BrClNO/c1-3-10-20-17(12-4-7-14(21-2)8-5-12)15-9-6-13(19)11-16(15)18/h4-9,11,17,20H,3,10H2,1-2H3. The highest BCUT2D eigenvalue weighted by molar-refractivity contribution is 9.10. The van der Waals surface area contributed by atoms with E-state index in [0.717, 1.165) is 28.2 Å². The molecule has 1 unspecified atom stereocenters. The van der Waals surface area contributed by atoms with Crippen molar-refractivity contribution in [1.29, 1.82) is 0 Å². The second-order valence-electron chi connectivity index (χ2n) is 4.83. The van der Waals surface area contributed by atoms with Crippen LogP contribution in [0.15, 0.2) is 46.9 Å². The van der Waals surface area contributed by atoms with Gasteiger partial charge in [-0.25, -0.2) is 0 Å². The summed E-state index contributed by atoms with van der Waals surface area (Å²) in [6.07, 6.45) is 1.08. The van der Waals surface area contributed by atoms with E-state index in [1.165, 1.54) is 11.1 Å². The third-order valence-corrected chi connectivity index (χ3v) is 4.24. The Labute approximate surface area is 139 Å². The van der Waals surface area contributed by atoms with Crippen LogP contribution in [0.25, 0.3) is 0 Å². The lowest BCUT2D eigenvalue weighted by molar-refractivity contribution is 0.414. The van der Waals surface area contributed by atoms with Crippen molar-refractivity contribution >= 4 is 27.5 Å². The Balaban J connectivity index is 2.36. The minimum absolute atomic E-state index is 0.127. The maximum absolute atomic E-state index is 6.04. The SMILES string of the molecule is CCCNC(c1ccc(OC)cc1)c1ccc(Cl)cc1Br. The molecular formula is C17H19BrClNO. The smallest absolute Gasteiger partial charge is 0.118 e. The van der Waals surface area contributed by atoms with Crippen molar-refractivity contribution in [2.75, 3.05) is 13.7 Å². The second-order valence-corrected chi connectivity index (χ2v) is 6.12. The van der Waals surface area contributed by atoms with Crippen LogP contribution < -0.4 is 10.1 Å². The monoisotopic (exact) mass is 367 g/mol. The molecule has 0 fully saturated rings. The van der Waals surface area contributed by atoms with E-state index in [2.05, 4.69) is 46.4 Å². The van der Waals surface area contributed by atoms with Crippen LogP contribution in [0.4, 0.5) is 0 Å². The lowest BCUT2D eigenvalue weighted by Gasteiger charge is -2.21. The normalized spacial score (nSPS) is 12.2. The van der Waals surface area contributed by atoms with Gasteiger partial charge in [0.15, 0.2) is 0 Å². The van der Waals surface area contributed by atoms with Crippen LogP contribution in [-0.2, 0) is 0 Å². The Morgan fingerprint density at radius 1 is 1.19 bits per heavy atom. The van der Waals surface area contributed by atoms with Crippen molar-refractivity contribution in [1.82, 2.24) is 5.32 Å². The summed E-state index contributed by atoms with van der Waals surface area (Å²) in [6, 6.07) is 14.2. The number of rotatable bonds is 6. The Hall–Kier alpha value is -1.03. The van der Waals surface area contributed by atoms with E-state index in [-0.39, 0.29) is 6.04 Å². The zero-order valence-electron chi connectivity index (χ0n) is 12.2. The minimum Gasteiger partial charge on any atom is -0.497 e. The molecule has 0 amide bonds. The third kappa shape index (κ3) is 4.22. The van der Waals surface area contributed by atoms with E-state index < -0.39 is 0 Å². The van der Waals surface area contributed by atoms with Gasteiger partial charge in [0.25, 0.3) is 0 Å². The van der Waals surface area contributed by atoms with Crippen LogP contribution >= 0.6 is 27.5 Å². The van der Waals surface area contributed by atoms with Crippen molar-refractivity contribution < 1.29 is 4.74 Å². The van der Waals surface area contributed by atoms with Gasteiger partial charge < -0.3 is 10.1 Å². The molecule has 4 heteroatoms. The van der Waals surface area contributed by atoms with E-state index in [1.54, 1.807) is 7.11 Å². The van der Waals surface area contributed by atoms with Gasteiger partial charge in [0, 0.05) is 9.50 Å². The molecule has 0 aliphatic rings. The van der Waals surface area contributed by atoms with Crippen LogP contribution in [-0.4, -0.2) is 13.7 Å². The molecule has 1 atom stereocenters. The number of benzene rings is 2. The maximum Gasteiger partial charge on any atom is 0.118 e. The van der Waals surface area contributed by atoms with E-state index in [9.17, 15) is 0 Å². The second kappa shape index (κ2) is 7.83. The summed E-state index contributed by atoms with van der Waals surface area (Å²) in [7, 11) is 1.68. The molecule has 0 aromatic heterocycles. The number of nitrogens with one attached hydrogen (secondary N) is 1. The zero-order chi connectivity index (χ0) is 15.2. The van der Waals surface area contributed by atoms with Crippen molar-refractivity contribution in [3.8, 4) is 5.75 Å². The first kappa shape index (κ1) is 16.3. The first-order chi connectivity index (χ1) is 10.2. The van der Waals surface area contributed by atoms with E-state index in [0.29, 0.717) is 0 Å². The molecule has 112 valence electrons. The van der Waals surface area contributed by atoms with Gasteiger partial charge >= 0.3 is 0 Å².